The molecule has 22 heavy (non-hydrogen) atoms. The molecule has 0 unspecified atom stereocenters. The molecule has 0 saturated carbocycles. The van der Waals surface area contributed by atoms with E-state index in [1.54, 1.807) is 47.6 Å². The van der Waals surface area contributed by atoms with Crippen molar-refractivity contribution in [3.63, 3.8) is 0 Å². The molecule has 1 aromatic carbocycles. The average molecular weight is 316 g/mol. The maximum atomic E-state index is 12.3. The van der Waals surface area contributed by atoms with Crippen molar-refractivity contribution >= 4 is 34.8 Å². The van der Waals surface area contributed by atoms with Crippen molar-refractivity contribution in [3.8, 4) is 0 Å². The lowest BCUT2D eigenvalue weighted by Gasteiger charge is -2.18. The van der Waals surface area contributed by atoms with Crippen molar-refractivity contribution in [2.75, 3.05) is 16.8 Å². The highest BCUT2D eigenvalue weighted by atomic mass is 35.5. The minimum atomic E-state index is -0.399. The van der Waals surface area contributed by atoms with E-state index in [1.807, 2.05) is 6.07 Å². The summed E-state index contributed by atoms with van der Waals surface area (Å²) in [6.07, 6.45) is 3.38. The lowest BCUT2D eigenvalue weighted by Crippen LogP contribution is -2.28. The smallest absolute Gasteiger partial charge is 0.229 e. The second kappa shape index (κ2) is 6.15. The predicted octanol–water partition coefficient (Wildman–Crippen LogP) is 2.73. The number of hydrogen-bond acceptors (Lipinski definition) is 3. The summed E-state index contributed by atoms with van der Waals surface area (Å²) in [6.45, 7) is 0.328. The van der Waals surface area contributed by atoms with Crippen molar-refractivity contribution in [2.45, 2.75) is 6.42 Å². The zero-order chi connectivity index (χ0) is 15.5. The molecule has 1 saturated heterocycles. The molecular formula is C16H14ClN3O2. The first kappa shape index (κ1) is 14.5. The fourth-order valence-corrected chi connectivity index (χ4v) is 2.71. The number of rotatable bonds is 3. The van der Waals surface area contributed by atoms with Gasteiger partial charge in [-0.25, -0.2) is 0 Å². The second-order valence-corrected chi connectivity index (χ2v) is 5.49. The van der Waals surface area contributed by atoms with Crippen LogP contribution in [-0.4, -0.2) is 23.3 Å². The molecule has 0 aliphatic carbocycles. The Bertz CT molecular complexity index is 706. The Balaban J connectivity index is 1.72. The molecule has 1 aliphatic heterocycles. The van der Waals surface area contributed by atoms with E-state index in [-0.39, 0.29) is 18.2 Å². The number of anilines is 2. The number of pyridine rings is 1. The summed E-state index contributed by atoms with van der Waals surface area (Å²) in [5, 5.41) is 3.28. The van der Waals surface area contributed by atoms with Gasteiger partial charge in [0.2, 0.25) is 11.8 Å². The summed E-state index contributed by atoms with van der Waals surface area (Å²) in [6, 6.07) is 10.6. The van der Waals surface area contributed by atoms with Crippen molar-refractivity contribution in [3.05, 3.63) is 53.8 Å². The van der Waals surface area contributed by atoms with Crippen molar-refractivity contribution in [1.82, 2.24) is 4.98 Å². The van der Waals surface area contributed by atoms with Gasteiger partial charge >= 0.3 is 0 Å². The number of para-hydroxylation sites is 1. The minimum Gasteiger partial charge on any atom is -0.324 e. The highest BCUT2D eigenvalue weighted by Gasteiger charge is 2.35. The van der Waals surface area contributed by atoms with Gasteiger partial charge in [-0.15, -0.1) is 0 Å². The summed E-state index contributed by atoms with van der Waals surface area (Å²) in [4.78, 5) is 29.9. The molecular weight excluding hydrogens is 302 g/mol. The third kappa shape index (κ3) is 2.94. The quantitative estimate of drug-likeness (QED) is 0.947. The standard InChI is InChI=1S/C16H14ClN3O2/c17-13-5-1-2-6-14(13)20-10-11(8-15(20)21)16(22)19-12-4-3-7-18-9-12/h1-7,9,11H,8,10H2,(H,19,22)/t11-/m0/s1. The van der Waals surface area contributed by atoms with Crippen LogP contribution in [-0.2, 0) is 9.59 Å². The fraction of sp³-hybridized carbons (Fsp3) is 0.188. The largest absolute Gasteiger partial charge is 0.324 e. The second-order valence-electron chi connectivity index (χ2n) is 5.09. The molecule has 6 heteroatoms. The Morgan fingerprint density at radius 3 is 2.82 bits per heavy atom. The number of carbonyl (C=O) groups is 2. The van der Waals surface area contributed by atoms with Crippen molar-refractivity contribution in [2.24, 2.45) is 5.92 Å². The molecule has 1 fully saturated rings. The van der Waals surface area contributed by atoms with E-state index in [9.17, 15) is 9.59 Å². The van der Waals surface area contributed by atoms with E-state index < -0.39 is 5.92 Å². The number of nitrogens with zero attached hydrogens (tertiary/aromatic N) is 2. The van der Waals surface area contributed by atoms with Crippen LogP contribution in [0.1, 0.15) is 6.42 Å². The van der Waals surface area contributed by atoms with E-state index >= 15 is 0 Å². The van der Waals surface area contributed by atoms with E-state index in [1.165, 1.54) is 0 Å². The van der Waals surface area contributed by atoms with Crippen LogP contribution in [0.3, 0.4) is 0 Å². The molecule has 0 radical (unpaired) electrons. The Morgan fingerprint density at radius 2 is 2.09 bits per heavy atom. The molecule has 0 bridgehead atoms. The van der Waals surface area contributed by atoms with Gasteiger partial charge in [0.05, 0.1) is 28.5 Å². The van der Waals surface area contributed by atoms with Gasteiger partial charge in [0.1, 0.15) is 0 Å². The lowest BCUT2D eigenvalue weighted by atomic mass is 10.1. The Kier molecular flexibility index (Phi) is 4.06. The monoisotopic (exact) mass is 315 g/mol. The summed E-state index contributed by atoms with van der Waals surface area (Å²) in [7, 11) is 0. The van der Waals surface area contributed by atoms with Gasteiger partial charge in [0.25, 0.3) is 0 Å². The van der Waals surface area contributed by atoms with E-state index in [0.717, 1.165) is 0 Å². The molecule has 1 atom stereocenters. The predicted molar refractivity (Wildman–Crippen MR) is 84.8 cm³/mol. The molecule has 2 amide bonds. The van der Waals surface area contributed by atoms with Crippen molar-refractivity contribution in [1.29, 1.82) is 0 Å². The van der Waals surface area contributed by atoms with Crippen LogP contribution >= 0.6 is 11.6 Å². The van der Waals surface area contributed by atoms with Crippen LogP contribution in [0, 0.1) is 5.92 Å². The van der Waals surface area contributed by atoms with Gasteiger partial charge in [0.15, 0.2) is 0 Å². The maximum Gasteiger partial charge on any atom is 0.229 e. The number of carbonyl (C=O) groups excluding carboxylic acids is 2. The van der Waals surface area contributed by atoms with E-state index in [2.05, 4.69) is 10.3 Å². The molecule has 3 rings (SSSR count). The van der Waals surface area contributed by atoms with Crippen LogP contribution in [0.25, 0.3) is 0 Å². The SMILES string of the molecule is O=C(Nc1cccnc1)[C@H]1CC(=O)N(c2ccccc2Cl)C1. The zero-order valence-corrected chi connectivity index (χ0v) is 12.5. The number of aromatic nitrogens is 1. The number of hydrogen-bond donors (Lipinski definition) is 1. The highest BCUT2D eigenvalue weighted by Crippen LogP contribution is 2.31. The minimum absolute atomic E-state index is 0.0977. The Hall–Kier alpha value is -2.40. The molecule has 5 nitrogen and oxygen atoms in total. The zero-order valence-electron chi connectivity index (χ0n) is 11.7. The van der Waals surface area contributed by atoms with E-state index in [4.69, 9.17) is 11.6 Å². The molecule has 1 aromatic heterocycles. The molecule has 1 aliphatic rings. The van der Waals surface area contributed by atoms with Gasteiger partial charge in [-0.05, 0) is 24.3 Å². The summed E-state index contributed by atoms with van der Waals surface area (Å²) in [5.41, 5.74) is 1.27. The van der Waals surface area contributed by atoms with Gasteiger partial charge in [-0.1, -0.05) is 23.7 Å². The van der Waals surface area contributed by atoms with Crippen LogP contribution in [0.5, 0.6) is 0 Å². The fourth-order valence-electron chi connectivity index (χ4n) is 2.47. The van der Waals surface area contributed by atoms with E-state index in [0.29, 0.717) is 22.9 Å². The average Bonchev–Trinajstić information content (AvgIpc) is 2.91. The van der Waals surface area contributed by atoms with Crippen LogP contribution in [0.2, 0.25) is 5.02 Å². The molecule has 1 N–H and O–H groups in total. The topological polar surface area (TPSA) is 62.3 Å². The highest BCUT2D eigenvalue weighted by molar-refractivity contribution is 6.33. The number of benzene rings is 1. The van der Waals surface area contributed by atoms with Crippen LogP contribution in [0.15, 0.2) is 48.8 Å². The van der Waals surface area contributed by atoms with Gasteiger partial charge in [-0.3, -0.25) is 14.6 Å². The summed E-state index contributed by atoms with van der Waals surface area (Å²) >= 11 is 6.12. The molecule has 2 heterocycles. The Morgan fingerprint density at radius 1 is 1.27 bits per heavy atom. The summed E-state index contributed by atoms with van der Waals surface area (Å²) in [5.74, 6) is -0.681. The third-order valence-corrected chi connectivity index (χ3v) is 3.89. The number of nitrogens with one attached hydrogen (secondary N) is 1. The third-order valence-electron chi connectivity index (χ3n) is 3.57. The van der Waals surface area contributed by atoms with Crippen LogP contribution in [0.4, 0.5) is 11.4 Å². The normalized spacial score (nSPS) is 17.6. The molecule has 0 spiro atoms. The first-order valence-corrected chi connectivity index (χ1v) is 7.29. The molecule has 2 aromatic rings. The van der Waals surface area contributed by atoms with Gasteiger partial charge in [-0.2, -0.15) is 0 Å². The van der Waals surface area contributed by atoms with Gasteiger partial charge in [0, 0.05) is 19.2 Å². The lowest BCUT2D eigenvalue weighted by molar-refractivity contribution is -0.122. The Labute approximate surface area is 132 Å². The summed E-state index contributed by atoms with van der Waals surface area (Å²) < 4.78 is 0. The maximum absolute atomic E-state index is 12.3. The number of amides is 2. The number of halogens is 1. The first-order chi connectivity index (χ1) is 10.6. The van der Waals surface area contributed by atoms with Crippen molar-refractivity contribution < 1.29 is 9.59 Å². The first-order valence-electron chi connectivity index (χ1n) is 6.91. The molecule has 112 valence electrons. The van der Waals surface area contributed by atoms with Crippen LogP contribution < -0.4 is 10.2 Å². The van der Waals surface area contributed by atoms with Gasteiger partial charge < -0.3 is 10.2 Å².